The first-order chi connectivity index (χ1) is 14.8. The van der Waals surface area contributed by atoms with Crippen molar-refractivity contribution < 1.29 is 19.0 Å². The Hall–Kier alpha value is -2.06. The molecule has 3 atom stereocenters. The topological polar surface area (TPSA) is 68.8 Å². The van der Waals surface area contributed by atoms with E-state index >= 15 is 0 Å². The van der Waals surface area contributed by atoms with E-state index in [0.29, 0.717) is 25.0 Å². The van der Waals surface area contributed by atoms with Gasteiger partial charge in [0.25, 0.3) is 0 Å². The number of rotatable bonds is 8. The van der Waals surface area contributed by atoms with Crippen LogP contribution >= 0.6 is 11.8 Å². The molecule has 0 radical (unpaired) electrons. The van der Waals surface area contributed by atoms with Crippen LogP contribution < -0.4 is 15.4 Å². The third kappa shape index (κ3) is 5.98. The molecule has 30 heavy (non-hydrogen) atoms. The number of ether oxygens (including phenoxy) is 3. The average Bonchev–Trinajstić information content (AvgIpc) is 3.31. The van der Waals surface area contributed by atoms with Gasteiger partial charge in [-0.05, 0) is 29.7 Å². The lowest BCUT2D eigenvalue weighted by Crippen LogP contribution is -2.55. The zero-order valence-corrected chi connectivity index (χ0v) is 17.7. The number of benzene rings is 2. The summed E-state index contributed by atoms with van der Waals surface area (Å²) in [5.41, 5.74) is 2.27. The highest BCUT2D eigenvalue weighted by Gasteiger charge is 2.33. The minimum Gasteiger partial charge on any atom is -0.491 e. The van der Waals surface area contributed by atoms with Crippen LogP contribution in [-0.4, -0.2) is 55.5 Å². The van der Waals surface area contributed by atoms with Crippen molar-refractivity contribution in [2.75, 3.05) is 32.2 Å². The van der Waals surface area contributed by atoms with Gasteiger partial charge in [-0.15, -0.1) is 11.8 Å². The van der Waals surface area contributed by atoms with Gasteiger partial charge in [0.05, 0.1) is 6.61 Å². The van der Waals surface area contributed by atoms with Crippen molar-refractivity contribution in [1.29, 1.82) is 0 Å². The Morgan fingerprint density at radius 1 is 1.10 bits per heavy atom. The monoisotopic (exact) mass is 428 g/mol. The van der Waals surface area contributed by atoms with Crippen molar-refractivity contribution >= 4 is 17.7 Å². The van der Waals surface area contributed by atoms with Crippen molar-refractivity contribution in [3.05, 3.63) is 65.7 Å². The highest BCUT2D eigenvalue weighted by Crippen LogP contribution is 2.21. The molecule has 0 aromatic heterocycles. The van der Waals surface area contributed by atoms with Crippen LogP contribution in [0.3, 0.4) is 0 Å². The number of thioether (sulfide) groups is 1. The molecule has 7 heteroatoms. The van der Waals surface area contributed by atoms with Crippen LogP contribution in [0, 0.1) is 0 Å². The Morgan fingerprint density at radius 3 is 2.70 bits per heavy atom. The third-order valence-corrected chi connectivity index (χ3v) is 6.42. The quantitative estimate of drug-likeness (QED) is 0.626. The minimum absolute atomic E-state index is 0.252. The zero-order valence-electron chi connectivity index (χ0n) is 16.9. The first kappa shape index (κ1) is 21.2. The van der Waals surface area contributed by atoms with E-state index < -0.39 is 6.04 Å². The van der Waals surface area contributed by atoms with E-state index in [-0.39, 0.29) is 18.7 Å². The van der Waals surface area contributed by atoms with E-state index in [1.54, 1.807) is 0 Å². The summed E-state index contributed by atoms with van der Waals surface area (Å²) >= 11 is 1.97. The zero-order chi connectivity index (χ0) is 20.6. The van der Waals surface area contributed by atoms with Gasteiger partial charge in [0, 0.05) is 24.2 Å². The van der Waals surface area contributed by atoms with Crippen molar-refractivity contribution in [2.45, 2.75) is 30.4 Å². The van der Waals surface area contributed by atoms with Crippen LogP contribution in [0.1, 0.15) is 11.1 Å². The fourth-order valence-electron chi connectivity index (χ4n) is 3.60. The standard InChI is InChI=1S/C23H28N2O4S/c26-23(29-14-18-4-2-1-3-5-18)22-21(27-11-10-25-22)15-28-19-8-6-17(7-9-19)12-20-13-24-16-30-20/h1-9,20-22,24-25H,10-16H2/t20?,21-,22+/m0/s1. The Balaban J connectivity index is 1.27. The first-order valence-corrected chi connectivity index (χ1v) is 11.4. The molecule has 0 aliphatic carbocycles. The SMILES string of the molecule is O=C(OCc1ccccc1)[C@@H]1NCCO[C@H]1COc1ccc(CC2CNCS2)cc1. The molecule has 2 aliphatic heterocycles. The van der Waals surface area contributed by atoms with Crippen LogP contribution in [0.15, 0.2) is 54.6 Å². The fraction of sp³-hybridized carbons (Fsp3) is 0.435. The van der Waals surface area contributed by atoms with Gasteiger partial charge in [0.2, 0.25) is 0 Å². The van der Waals surface area contributed by atoms with Gasteiger partial charge in [0.15, 0.2) is 0 Å². The Morgan fingerprint density at radius 2 is 1.93 bits per heavy atom. The van der Waals surface area contributed by atoms with Crippen LogP contribution in [0.5, 0.6) is 5.75 Å². The smallest absolute Gasteiger partial charge is 0.326 e. The van der Waals surface area contributed by atoms with E-state index in [2.05, 4.69) is 22.8 Å². The minimum atomic E-state index is -0.534. The molecule has 2 fully saturated rings. The number of hydrogen-bond donors (Lipinski definition) is 2. The number of morpholine rings is 1. The molecule has 4 rings (SSSR count). The summed E-state index contributed by atoms with van der Waals surface area (Å²) in [5.74, 6) is 1.50. The fourth-order valence-corrected chi connectivity index (χ4v) is 4.62. The number of carbonyl (C=O) groups excluding carboxylic acids is 1. The van der Waals surface area contributed by atoms with Gasteiger partial charge in [-0.3, -0.25) is 10.1 Å². The molecule has 160 valence electrons. The lowest BCUT2D eigenvalue weighted by molar-refractivity contribution is -0.155. The number of nitrogens with one attached hydrogen (secondary N) is 2. The maximum Gasteiger partial charge on any atom is 0.326 e. The number of esters is 1. The van der Waals surface area contributed by atoms with Gasteiger partial charge in [-0.2, -0.15) is 0 Å². The lowest BCUT2D eigenvalue weighted by Gasteiger charge is -2.31. The van der Waals surface area contributed by atoms with E-state index in [9.17, 15) is 4.79 Å². The van der Waals surface area contributed by atoms with Gasteiger partial charge >= 0.3 is 5.97 Å². The van der Waals surface area contributed by atoms with Gasteiger partial charge in [-0.1, -0.05) is 42.5 Å². The number of hydrogen-bond acceptors (Lipinski definition) is 7. The molecule has 2 aromatic carbocycles. The second kappa shape index (κ2) is 10.8. The highest BCUT2D eigenvalue weighted by molar-refractivity contribution is 8.00. The predicted octanol–water partition coefficient (Wildman–Crippen LogP) is 2.37. The van der Waals surface area contributed by atoms with E-state index in [0.717, 1.165) is 30.2 Å². The maximum atomic E-state index is 12.6. The van der Waals surface area contributed by atoms with Crippen LogP contribution in [-0.2, 0) is 27.3 Å². The lowest BCUT2D eigenvalue weighted by atomic mass is 10.1. The van der Waals surface area contributed by atoms with Crippen LogP contribution in [0.4, 0.5) is 0 Å². The molecule has 2 N–H and O–H groups in total. The second-order valence-corrected chi connectivity index (χ2v) is 8.77. The summed E-state index contributed by atoms with van der Waals surface area (Å²) in [6, 6.07) is 17.3. The molecular formula is C23H28N2O4S. The third-order valence-electron chi connectivity index (χ3n) is 5.24. The highest BCUT2D eigenvalue weighted by atomic mass is 32.2. The molecule has 1 unspecified atom stereocenters. The van der Waals surface area contributed by atoms with Crippen molar-refractivity contribution in [1.82, 2.24) is 10.6 Å². The van der Waals surface area contributed by atoms with Gasteiger partial charge in [-0.25, -0.2) is 0 Å². The summed E-state index contributed by atoms with van der Waals surface area (Å²) in [6.07, 6.45) is 0.672. The Kier molecular flexibility index (Phi) is 7.64. The second-order valence-electron chi connectivity index (χ2n) is 7.48. The summed E-state index contributed by atoms with van der Waals surface area (Å²) in [7, 11) is 0. The van der Waals surface area contributed by atoms with Crippen molar-refractivity contribution in [2.24, 2.45) is 0 Å². The molecule has 0 saturated carbocycles. The summed E-state index contributed by atoms with van der Waals surface area (Å²) < 4.78 is 17.2. The van der Waals surface area contributed by atoms with Crippen LogP contribution in [0.2, 0.25) is 0 Å². The Labute approximate surface area is 181 Å². The number of carbonyl (C=O) groups is 1. The molecule has 0 spiro atoms. The van der Waals surface area contributed by atoms with Crippen LogP contribution in [0.25, 0.3) is 0 Å². The molecule has 2 aromatic rings. The molecule has 2 heterocycles. The molecule has 0 bridgehead atoms. The largest absolute Gasteiger partial charge is 0.491 e. The Bertz CT molecular complexity index is 797. The molecule has 2 saturated heterocycles. The van der Waals surface area contributed by atoms with Crippen molar-refractivity contribution in [3.8, 4) is 5.75 Å². The molecular weight excluding hydrogens is 400 g/mol. The van der Waals surface area contributed by atoms with E-state index in [1.807, 2.05) is 54.2 Å². The predicted molar refractivity (Wildman–Crippen MR) is 118 cm³/mol. The summed E-state index contributed by atoms with van der Waals surface area (Å²) in [4.78, 5) is 12.6. The van der Waals surface area contributed by atoms with E-state index in [1.165, 1.54) is 5.56 Å². The average molecular weight is 429 g/mol. The van der Waals surface area contributed by atoms with Crippen molar-refractivity contribution in [3.63, 3.8) is 0 Å². The van der Waals surface area contributed by atoms with E-state index in [4.69, 9.17) is 14.2 Å². The maximum absolute atomic E-state index is 12.6. The van der Waals surface area contributed by atoms with Gasteiger partial charge < -0.3 is 19.5 Å². The molecule has 6 nitrogen and oxygen atoms in total. The van der Waals surface area contributed by atoms with Gasteiger partial charge in [0.1, 0.15) is 31.1 Å². The first-order valence-electron chi connectivity index (χ1n) is 10.4. The summed E-state index contributed by atoms with van der Waals surface area (Å²) in [6.45, 7) is 2.77. The normalized spacial score (nSPS) is 23.8. The molecule has 0 amide bonds. The summed E-state index contributed by atoms with van der Waals surface area (Å²) in [5, 5.41) is 7.22. The molecule has 2 aliphatic rings.